The van der Waals surface area contributed by atoms with E-state index in [0.717, 1.165) is 6.42 Å². The van der Waals surface area contributed by atoms with Gasteiger partial charge in [-0.3, -0.25) is 4.79 Å². The lowest BCUT2D eigenvalue weighted by atomic mass is 10.1. The zero-order valence-electron chi connectivity index (χ0n) is 11.4. The van der Waals surface area contributed by atoms with Gasteiger partial charge in [0.1, 0.15) is 0 Å². The average molecular weight is 252 g/mol. The van der Waals surface area contributed by atoms with Gasteiger partial charge in [0.05, 0.1) is 20.8 Å². The van der Waals surface area contributed by atoms with Crippen LogP contribution in [0.2, 0.25) is 0 Å². The van der Waals surface area contributed by atoms with Gasteiger partial charge in [-0.25, -0.2) is 0 Å². The molecule has 0 saturated carbocycles. The monoisotopic (exact) mass is 252 g/mol. The number of methoxy groups -OCH3 is 2. The van der Waals surface area contributed by atoms with Crippen LogP contribution in [0.15, 0.2) is 12.1 Å². The number of ketones is 1. The van der Waals surface area contributed by atoms with Crippen LogP contribution in [0.5, 0.6) is 17.2 Å². The summed E-state index contributed by atoms with van der Waals surface area (Å²) in [4.78, 5) is 11.7. The normalized spacial score (nSPS) is 10.0. The Morgan fingerprint density at radius 3 is 2.06 bits per heavy atom. The molecule has 4 heteroatoms. The maximum atomic E-state index is 11.7. The molecular weight excluding hydrogens is 232 g/mol. The molecule has 0 aliphatic heterocycles. The van der Waals surface area contributed by atoms with Crippen molar-refractivity contribution in [2.75, 3.05) is 20.8 Å². The second-order valence-corrected chi connectivity index (χ2v) is 3.84. The Morgan fingerprint density at radius 1 is 1.11 bits per heavy atom. The van der Waals surface area contributed by atoms with E-state index < -0.39 is 0 Å². The number of Topliss-reactive ketones (excluding diaryl/α,β-unsaturated/α-hetero) is 1. The zero-order valence-corrected chi connectivity index (χ0v) is 11.4. The molecule has 0 atom stereocenters. The molecule has 0 unspecified atom stereocenters. The van der Waals surface area contributed by atoms with Crippen LogP contribution < -0.4 is 14.2 Å². The van der Waals surface area contributed by atoms with E-state index >= 15 is 0 Å². The molecule has 1 aromatic carbocycles. The molecule has 18 heavy (non-hydrogen) atoms. The third-order valence-electron chi connectivity index (χ3n) is 2.55. The van der Waals surface area contributed by atoms with Crippen molar-refractivity contribution >= 4 is 5.78 Å². The van der Waals surface area contributed by atoms with Gasteiger partial charge in [0.2, 0.25) is 5.75 Å². The predicted molar refractivity (Wildman–Crippen MR) is 70.0 cm³/mol. The number of carbonyl (C=O) groups is 1. The molecule has 4 nitrogen and oxygen atoms in total. The fourth-order valence-corrected chi connectivity index (χ4v) is 1.59. The molecule has 0 aliphatic rings. The SMILES string of the molecule is CCCOc1c(OC)cc(C(=O)CC)cc1OC. The molecule has 0 spiro atoms. The highest BCUT2D eigenvalue weighted by Crippen LogP contribution is 2.38. The summed E-state index contributed by atoms with van der Waals surface area (Å²) < 4.78 is 16.1. The summed E-state index contributed by atoms with van der Waals surface area (Å²) in [6.45, 7) is 4.42. The van der Waals surface area contributed by atoms with Gasteiger partial charge in [0.15, 0.2) is 17.3 Å². The molecular formula is C14H20O4. The molecule has 0 amide bonds. The fraction of sp³-hybridized carbons (Fsp3) is 0.500. The molecule has 0 heterocycles. The van der Waals surface area contributed by atoms with Crippen molar-refractivity contribution < 1.29 is 19.0 Å². The Hall–Kier alpha value is -1.71. The highest BCUT2D eigenvalue weighted by molar-refractivity contribution is 5.97. The number of hydrogen-bond donors (Lipinski definition) is 0. The summed E-state index contributed by atoms with van der Waals surface area (Å²) in [7, 11) is 3.10. The fourth-order valence-electron chi connectivity index (χ4n) is 1.59. The van der Waals surface area contributed by atoms with Crippen LogP contribution in [-0.2, 0) is 0 Å². The smallest absolute Gasteiger partial charge is 0.203 e. The van der Waals surface area contributed by atoms with E-state index in [4.69, 9.17) is 14.2 Å². The highest BCUT2D eigenvalue weighted by atomic mass is 16.5. The van der Waals surface area contributed by atoms with E-state index in [1.165, 1.54) is 0 Å². The predicted octanol–water partition coefficient (Wildman–Crippen LogP) is 3.09. The lowest BCUT2D eigenvalue weighted by Crippen LogP contribution is -2.04. The van der Waals surface area contributed by atoms with E-state index in [9.17, 15) is 4.79 Å². The van der Waals surface area contributed by atoms with Crippen LogP contribution in [0.4, 0.5) is 0 Å². The first-order valence-corrected chi connectivity index (χ1v) is 6.09. The van der Waals surface area contributed by atoms with Crippen molar-refractivity contribution in [3.05, 3.63) is 17.7 Å². The summed E-state index contributed by atoms with van der Waals surface area (Å²) in [5.74, 6) is 1.65. The summed E-state index contributed by atoms with van der Waals surface area (Å²) in [6.07, 6.45) is 1.34. The lowest BCUT2D eigenvalue weighted by molar-refractivity contribution is 0.0987. The van der Waals surface area contributed by atoms with Crippen molar-refractivity contribution in [3.63, 3.8) is 0 Å². The Kier molecular flexibility index (Phi) is 5.49. The standard InChI is InChI=1S/C14H20O4/c1-5-7-18-14-12(16-3)8-10(11(15)6-2)9-13(14)17-4/h8-9H,5-7H2,1-4H3. The van der Waals surface area contributed by atoms with Crippen LogP contribution in [0.25, 0.3) is 0 Å². The van der Waals surface area contributed by atoms with Gasteiger partial charge in [-0.05, 0) is 18.6 Å². The average Bonchev–Trinajstić information content (AvgIpc) is 2.43. The van der Waals surface area contributed by atoms with Gasteiger partial charge in [-0.2, -0.15) is 0 Å². The number of rotatable bonds is 7. The van der Waals surface area contributed by atoms with Gasteiger partial charge in [-0.15, -0.1) is 0 Å². The van der Waals surface area contributed by atoms with Crippen molar-refractivity contribution in [1.29, 1.82) is 0 Å². The Balaban J connectivity index is 3.20. The summed E-state index contributed by atoms with van der Waals surface area (Å²) in [5, 5.41) is 0. The number of ether oxygens (including phenoxy) is 3. The topological polar surface area (TPSA) is 44.8 Å². The van der Waals surface area contributed by atoms with Crippen molar-refractivity contribution in [2.45, 2.75) is 26.7 Å². The zero-order chi connectivity index (χ0) is 13.5. The summed E-state index contributed by atoms with van der Waals surface area (Å²) in [5.41, 5.74) is 0.579. The highest BCUT2D eigenvalue weighted by Gasteiger charge is 2.16. The van der Waals surface area contributed by atoms with E-state index in [2.05, 4.69) is 0 Å². The Morgan fingerprint density at radius 2 is 1.67 bits per heavy atom. The molecule has 1 aromatic rings. The Bertz CT molecular complexity index is 387. The minimum Gasteiger partial charge on any atom is -0.493 e. The second kappa shape index (κ2) is 6.89. The van der Waals surface area contributed by atoms with Gasteiger partial charge in [0, 0.05) is 12.0 Å². The van der Waals surface area contributed by atoms with Gasteiger partial charge >= 0.3 is 0 Å². The van der Waals surface area contributed by atoms with E-state index in [-0.39, 0.29) is 5.78 Å². The molecule has 0 aliphatic carbocycles. The maximum absolute atomic E-state index is 11.7. The molecule has 0 aromatic heterocycles. The summed E-state index contributed by atoms with van der Waals surface area (Å²) in [6, 6.07) is 3.39. The number of benzene rings is 1. The van der Waals surface area contributed by atoms with Crippen LogP contribution in [0, 0.1) is 0 Å². The number of hydrogen-bond acceptors (Lipinski definition) is 4. The molecule has 1 rings (SSSR count). The van der Waals surface area contributed by atoms with Gasteiger partial charge < -0.3 is 14.2 Å². The Labute approximate surface area is 108 Å². The first kappa shape index (κ1) is 14.4. The maximum Gasteiger partial charge on any atom is 0.203 e. The largest absolute Gasteiger partial charge is 0.493 e. The lowest BCUT2D eigenvalue weighted by Gasteiger charge is -2.15. The quantitative estimate of drug-likeness (QED) is 0.699. The second-order valence-electron chi connectivity index (χ2n) is 3.84. The van der Waals surface area contributed by atoms with Crippen LogP contribution in [0.3, 0.4) is 0 Å². The third kappa shape index (κ3) is 3.15. The molecule has 0 bridgehead atoms. The first-order chi connectivity index (χ1) is 8.67. The third-order valence-corrected chi connectivity index (χ3v) is 2.55. The van der Waals surface area contributed by atoms with Crippen molar-refractivity contribution in [1.82, 2.24) is 0 Å². The minimum atomic E-state index is 0.0497. The van der Waals surface area contributed by atoms with Crippen LogP contribution in [0.1, 0.15) is 37.0 Å². The van der Waals surface area contributed by atoms with E-state index in [1.807, 2.05) is 13.8 Å². The minimum absolute atomic E-state index is 0.0497. The molecule has 0 radical (unpaired) electrons. The van der Waals surface area contributed by atoms with Crippen molar-refractivity contribution in [2.24, 2.45) is 0 Å². The molecule has 100 valence electrons. The van der Waals surface area contributed by atoms with Crippen molar-refractivity contribution in [3.8, 4) is 17.2 Å². The molecule has 0 N–H and O–H groups in total. The van der Waals surface area contributed by atoms with E-state index in [0.29, 0.717) is 35.8 Å². The van der Waals surface area contributed by atoms with Crippen LogP contribution >= 0.6 is 0 Å². The summed E-state index contributed by atoms with van der Waals surface area (Å²) >= 11 is 0. The van der Waals surface area contributed by atoms with Crippen LogP contribution in [-0.4, -0.2) is 26.6 Å². The van der Waals surface area contributed by atoms with Gasteiger partial charge in [0.25, 0.3) is 0 Å². The molecule has 0 fully saturated rings. The van der Waals surface area contributed by atoms with Gasteiger partial charge in [-0.1, -0.05) is 13.8 Å². The van der Waals surface area contributed by atoms with E-state index in [1.54, 1.807) is 26.4 Å². The molecule has 0 saturated heterocycles. The first-order valence-electron chi connectivity index (χ1n) is 6.09. The number of carbonyl (C=O) groups excluding carboxylic acids is 1.